The molecular formula is C17H15F4NO2S. The molecule has 0 spiro atoms. The molecule has 134 valence electrons. The zero-order chi connectivity index (χ0) is 18.3. The molecule has 0 aliphatic rings. The van der Waals surface area contributed by atoms with Crippen molar-refractivity contribution in [2.24, 2.45) is 0 Å². The molecule has 2 rings (SSSR count). The molecule has 2 aromatic rings. The average Bonchev–Trinajstić information content (AvgIpc) is 2.58. The lowest BCUT2D eigenvalue weighted by atomic mass is 10.2. The van der Waals surface area contributed by atoms with Crippen LogP contribution >= 0.6 is 11.8 Å². The molecule has 0 saturated carbocycles. The first-order chi connectivity index (χ1) is 11.8. The van der Waals surface area contributed by atoms with Gasteiger partial charge in [0.2, 0.25) is 5.91 Å². The largest absolute Gasteiger partial charge is 0.484 e. The molecule has 0 unspecified atom stereocenters. The predicted octanol–water partition coefficient (Wildman–Crippen LogP) is 4.18. The van der Waals surface area contributed by atoms with Gasteiger partial charge in [0.25, 0.3) is 0 Å². The van der Waals surface area contributed by atoms with Gasteiger partial charge in [0.1, 0.15) is 11.6 Å². The summed E-state index contributed by atoms with van der Waals surface area (Å²) in [5.74, 6) is -0.249. The Balaban J connectivity index is 1.73. The SMILES string of the molecule is O=C(CSc1ccc(F)cc1)NCc1ccc(OCC(F)(F)F)cc1. The Hall–Kier alpha value is -2.22. The quantitative estimate of drug-likeness (QED) is 0.585. The minimum atomic E-state index is -4.38. The van der Waals surface area contributed by atoms with Crippen LogP contribution in [0.3, 0.4) is 0 Å². The molecule has 0 atom stereocenters. The van der Waals surface area contributed by atoms with Crippen molar-refractivity contribution in [1.29, 1.82) is 0 Å². The Morgan fingerprint density at radius 2 is 1.68 bits per heavy atom. The topological polar surface area (TPSA) is 38.3 Å². The Labute approximate surface area is 146 Å². The van der Waals surface area contributed by atoms with Gasteiger partial charge in [-0.15, -0.1) is 11.8 Å². The Kier molecular flexibility index (Phi) is 6.69. The van der Waals surface area contributed by atoms with Gasteiger partial charge >= 0.3 is 6.18 Å². The highest BCUT2D eigenvalue weighted by atomic mass is 32.2. The first-order valence-corrected chi connectivity index (χ1v) is 8.24. The maximum atomic E-state index is 12.8. The van der Waals surface area contributed by atoms with Crippen LogP contribution in [0.25, 0.3) is 0 Å². The third-order valence-electron chi connectivity index (χ3n) is 3.00. The molecule has 0 aliphatic heterocycles. The molecule has 8 heteroatoms. The number of rotatable bonds is 7. The van der Waals surface area contributed by atoms with Crippen LogP contribution in [-0.2, 0) is 11.3 Å². The number of hydrogen-bond acceptors (Lipinski definition) is 3. The van der Waals surface area contributed by atoms with Crippen molar-refractivity contribution >= 4 is 17.7 Å². The number of carbonyl (C=O) groups excluding carboxylic acids is 1. The van der Waals surface area contributed by atoms with E-state index in [1.807, 2.05) is 0 Å². The minimum absolute atomic E-state index is 0.110. The van der Waals surface area contributed by atoms with Gasteiger partial charge < -0.3 is 10.1 Å². The van der Waals surface area contributed by atoms with Crippen LogP contribution in [0.1, 0.15) is 5.56 Å². The molecular weight excluding hydrogens is 358 g/mol. The summed E-state index contributed by atoms with van der Waals surface area (Å²) in [4.78, 5) is 12.6. The molecule has 1 N–H and O–H groups in total. The first kappa shape index (κ1) is 19.1. The van der Waals surface area contributed by atoms with E-state index in [0.29, 0.717) is 0 Å². The summed E-state index contributed by atoms with van der Waals surface area (Å²) in [5.41, 5.74) is 0.736. The molecule has 1 amide bonds. The van der Waals surface area contributed by atoms with E-state index < -0.39 is 12.8 Å². The molecule has 0 aromatic heterocycles. The number of benzene rings is 2. The van der Waals surface area contributed by atoms with Crippen LogP contribution in [0.15, 0.2) is 53.4 Å². The van der Waals surface area contributed by atoms with Crippen molar-refractivity contribution in [2.75, 3.05) is 12.4 Å². The molecule has 3 nitrogen and oxygen atoms in total. The number of halogens is 4. The van der Waals surface area contributed by atoms with Crippen molar-refractivity contribution in [1.82, 2.24) is 5.32 Å². The van der Waals surface area contributed by atoms with E-state index >= 15 is 0 Å². The maximum absolute atomic E-state index is 12.8. The standard InChI is InChI=1S/C17H15F4NO2S/c18-13-3-7-15(8-4-13)25-10-16(23)22-9-12-1-5-14(6-2-12)24-11-17(19,20)21/h1-8H,9-11H2,(H,22,23). The number of ether oxygens (including phenoxy) is 1. The monoisotopic (exact) mass is 373 g/mol. The fraction of sp³-hybridized carbons (Fsp3) is 0.235. The molecule has 0 saturated heterocycles. The van der Waals surface area contributed by atoms with E-state index in [4.69, 9.17) is 0 Å². The van der Waals surface area contributed by atoms with Gasteiger partial charge in [-0.2, -0.15) is 13.2 Å². The summed E-state index contributed by atoms with van der Waals surface area (Å²) in [6.07, 6.45) is -4.38. The second-order valence-electron chi connectivity index (χ2n) is 5.07. The van der Waals surface area contributed by atoms with Crippen LogP contribution in [-0.4, -0.2) is 24.4 Å². The van der Waals surface area contributed by atoms with Crippen molar-refractivity contribution in [3.8, 4) is 5.75 Å². The highest BCUT2D eigenvalue weighted by Crippen LogP contribution is 2.19. The molecule has 0 radical (unpaired) electrons. The lowest BCUT2D eigenvalue weighted by Crippen LogP contribution is -2.24. The Bertz CT molecular complexity index is 687. The average molecular weight is 373 g/mol. The normalized spacial score (nSPS) is 11.2. The summed E-state index contributed by atoms with van der Waals surface area (Å²) in [5, 5.41) is 2.70. The number of nitrogens with one attached hydrogen (secondary N) is 1. The van der Waals surface area contributed by atoms with E-state index in [1.54, 1.807) is 24.3 Å². The second-order valence-corrected chi connectivity index (χ2v) is 6.12. The van der Waals surface area contributed by atoms with Crippen molar-refractivity contribution in [2.45, 2.75) is 17.6 Å². The number of amides is 1. The van der Waals surface area contributed by atoms with E-state index in [9.17, 15) is 22.4 Å². The zero-order valence-electron chi connectivity index (χ0n) is 13.0. The van der Waals surface area contributed by atoms with Crippen LogP contribution < -0.4 is 10.1 Å². The summed E-state index contributed by atoms with van der Waals surface area (Å²) >= 11 is 1.28. The number of hydrogen-bond donors (Lipinski definition) is 1. The second kappa shape index (κ2) is 8.75. The van der Waals surface area contributed by atoms with Crippen LogP contribution in [0, 0.1) is 5.82 Å². The van der Waals surface area contributed by atoms with Gasteiger partial charge in [-0.3, -0.25) is 4.79 Å². The van der Waals surface area contributed by atoms with Gasteiger partial charge in [-0.05, 0) is 42.0 Å². The lowest BCUT2D eigenvalue weighted by molar-refractivity contribution is -0.153. The van der Waals surface area contributed by atoms with Gasteiger partial charge in [0, 0.05) is 11.4 Å². The summed E-state index contributed by atoms with van der Waals surface area (Å²) < 4.78 is 53.5. The van der Waals surface area contributed by atoms with Gasteiger partial charge in [-0.25, -0.2) is 4.39 Å². The van der Waals surface area contributed by atoms with Crippen LogP contribution in [0.4, 0.5) is 17.6 Å². The van der Waals surface area contributed by atoms with Gasteiger partial charge in [0.15, 0.2) is 6.61 Å². The fourth-order valence-corrected chi connectivity index (χ4v) is 2.53. The fourth-order valence-electron chi connectivity index (χ4n) is 1.80. The Morgan fingerprint density at radius 1 is 1.04 bits per heavy atom. The van der Waals surface area contributed by atoms with Crippen molar-refractivity contribution < 1.29 is 27.1 Å². The van der Waals surface area contributed by atoms with Gasteiger partial charge in [0.05, 0.1) is 5.75 Å². The van der Waals surface area contributed by atoms with Gasteiger partial charge in [-0.1, -0.05) is 12.1 Å². The summed E-state index contributed by atoms with van der Waals surface area (Å²) in [7, 11) is 0. The molecule has 2 aromatic carbocycles. The van der Waals surface area contributed by atoms with E-state index in [0.717, 1.165) is 10.5 Å². The smallest absolute Gasteiger partial charge is 0.422 e. The first-order valence-electron chi connectivity index (χ1n) is 7.25. The van der Waals surface area contributed by atoms with Crippen LogP contribution in [0.2, 0.25) is 0 Å². The number of carbonyl (C=O) groups is 1. The summed E-state index contributed by atoms with van der Waals surface area (Å²) in [6.45, 7) is -1.09. The zero-order valence-corrected chi connectivity index (χ0v) is 13.8. The molecule has 25 heavy (non-hydrogen) atoms. The predicted molar refractivity (Wildman–Crippen MR) is 87.0 cm³/mol. The molecule has 0 fully saturated rings. The highest BCUT2D eigenvalue weighted by Gasteiger charge is 2.28. The third kappa shape index (κ3) is 7.47. The third-order valence-corrected chi connectivity index (χ3v) is 4.01. The summed E-state index contributed by atoms with van der Waals surface area (Å²) in [6, 6.07) is 11.8. The maximum Gasteiger partial charge on any atom is 0.422 e. The van der Waals surface area contributed by atoms with E-state index in [1.165, 1.54) is 36.0 Å². The van der Waals surface area contributed by atoms with E-state index in [2.05, 4.69) is 10.1 Å². The van der Waals surface area contributed by atoms with E-state index in [-0.39, 0.29) is 29.8 Å². The van der Waals surface area contributed by atoms with Crippen molar-refractivity contribution in [3.05, 3.63) is 59.9 Å². The number of thioether (sulfide) groups is 1. The number of alkyl halides is 3. The highest BCUT2D eigenvalue weighted by molar-refractivity contribution is 8.00. The molecule has 0 heterocycles. The molecule has 0 bridgehead atoms. The Morgan fingerprint density at radius 3 is 2.28 bits per heavy atom. The minimum Gasteiger partial charge on any atom is -0.484 e. The molecule has 0 aliphatic carbocycles. The lowest BCUT2D eigenvalue weighted by Gasteiger charge is -2.10. The van der Waals surface area contributed by atoms with Crippen molar-refractivity contribution in [3.63, 3.8) is 0 Å². The van der Waals surface area contributed by atoms with Crippen LogP contribution in [0.5, 0.6) is 5.75 Å².